The lowest BCUT2D eigenvalue weighted by atomic mass is 10.1. The average Bonchev–Trinajstić information content (AvgIpc) is 2.66. The molecule has 2 rings (SSSR count). The molecule has 0 radical (unpaired) electrons. The van der Waals surface area contributed by atoms with Crippen molar-refractivity contribution in [2.75, 3.05) is 23.0 Å². The van der Waals surface area contributed by atoms with Crippen LogP contribution in [0.5, 0.6) is 0 Å². The molecule has 0 bridgehead atoms. The SMILES string of the molecule is CC[C@H](C(=O)Nc1cccc(C(=O)OC)c1)N(c1cc(C)ccc1C)S(C)(=O)=O. The number of hydrogen-bond donors (Lipinski definition) is 1. The zero-order valence-electron chi connectivity index (χ0n) is 17.2. The minimum atomic E-state index is -3.73. The summed E-state index contributed by atoms with van der Waals surface area (Å²) in [7, 11) is -2.46. The molecule has 0 unspecified atom stereocenters. The summed E-state index contributed by atoms with van der Waals surface area (Å²) in [4.78, 5) is 24.7. The maximum Gasteiger partial charge on any atom is 0.337 e. The molecule has 1 amide bonds. The average molecular weight is 419 g/mol. The van der Waals surface area contributed by atoms with Gasteiger partial charge < -0.3 is 10.1 Å². The zero-order chi connectivity index (χ0) is 21.8. The predicted octanol–water partition coefficient (Wildman–Crippen LogP) is 3.27. The Balaban J connectivity index is 2.42. The molecule has 1 atom stereocenters. The first-order chi connectivity index (χ1) is 13.6. The van der Waals surface area contributed by atoms with E-state index in [-0.39, 0.29) is 12.0 Å². The van der Waals surface area contributed by atoms with Crippen molar-refractivity contribution in [3.8, 4) is 0 Å². The first-order valence-corrected chi connectivity index (χ1v) is 11.0. The highest BCUT2D eigenvalue weighted by molar-refractivity contribution is 7.92. The van der Waals surface area contributed by atoms with Gasteiger partial charge in [-0.1, -0.05) is 25.1 Å². The van der Waals surface area contributed by atoms with Crippen molar-refractivity contribution in [3.63, 3.8) is 0 Å². The van der Waals surface area contributed by atoms with E-state index in [1.165, 1.54) is 13.2 Å². The Morgan fingerprint density at radius 3 is 2.41 bits per heavy atom. The van der Waals surface area contributed by atoms with Gasteiger partial charge in [-0.3, -0.25) is 9.10 Å². The third kappa shape index (κ3) is 5.35. The van der Waals surface area contributed by atoms with Crippen LogP contribution in [0, 0.1) is 13.8 Å². The number of ether oxygens (including phenoxy) is 1. The van der Waals surface area contributed by atoms with Gasteiger partial charge >= 0.3 is 5.97 Å². The van der Waals surface area contributed by atoms with Crippen molar-refractivity contribution in [1.29, 1.82) is 0 Å². The normalized spacial score (nSPS) is 12.2. The van der Waals surface area contributed by atoms with E-state index in [1.54, 1.807) is 38.1 Å². The first kappa shape index (κ1) is 22.4. The lowest BCUT2D eigenvalue weighted by Gasteiger charge is -2.31. The summed E-state index contributed by atoms with van der Waals surface area (Å²) in [6, 6.07) is 10.8. The lowest BCUT2D eigenvalue weighted by Crippen LogP contribution is -2.47. The molecule has 0 aliphatic rings. The van der Waals surface area contributed by atoms with E-state index < -0.39 is 27.9 Å². The Bertz CT molecular complexity index is 1020. The molecule has 0 saturated heterocycles. The topological polar surface area (TPSA) is 92.8 Å². The molecular weight excluding hydrogens is 392 g/mol. The van der Waals surface area contributed by atoms with E-state index in [2.05, 4.69) is 5.32 Å². The number of carbonyl (C=O) groups is 2. The number of sulfonamides is 1. The minimum Gasteiger partial charge on any atom is -0.465 e. The molecule has 1 N–H and O–H groups in total. The quantitative estimate of drug-likeness (QED) is 0.697. The summed E-state index contributed by atoms with van der Waals surface area (Å²) in [5, 5.41) is 2.72. The van der Waals surface area contributed by atoms with Crippen LogP contribution in [0.25, 0.3) is 0 Å². The highest BCUT2D eigenvalue weighted by Crippen LogP contribution is 2.28. The van der Waals surface area contributed by atoms with Gasteiger partial charge in [0, 0.05) is 5.69 Å². The van der Waals surface area contributed by atoms with Crippen molar-refractivity contribution in [1.82, 2.24) is 0 Å². The molecule has 2 aromatic carbocycles. The highest BCUT2D eigenvalue weighted by atomic mass is 32.2. The van der Waals surface area contributed by atoms with Gasteiger partial charge in [-0.2, -0.15) is 0 Å². The highest BCUT2D eigenvalue weighted by Gasteiger charge is 2.32. The second kappa shape index (κ2) is 9.09. The summed E-state index contributed by atoms with van der Waals surface area (Å²) in [6.45, 7) is 5.42. The number of benzene rings is 2. The van der Waals surface area contributed by atoms with Crippen molar-refractivity contribution in [2.24, 2.45) is 0 Å². The Kier molecular flexibility index (Phi) is 7.02. The Morgan fingerprint density at radius 1 is 1.14 bits per heavy atom. The van der Waals surface area contributed by atoms with Gasteiger partial charge in [-0.15, -0.1) is 0 Å². The zero-order valence-corrected chi connectivity index (χ0v) is 18.0. The number of nitrogens with zero attached hydrogens (tertiary/aromatic N) is 1. The predicted molar refractivity (Wildman–Crippen MR) is 114 cm³/mol. The number of amides is 1. The van der Waals surface area contributed by atoms with Gasteiger partial charge in [0.25, 0.3) is 0 Å². The molecule has 7 nitrogen and oxygen atoms in total. The molecule has 29 heavy (non-hydrogen) atoms. The standard InChI is InChI=1S/C21H26N2O5S/c1-6-18(20(24)22-17-9-7-8-16(13-17)21(25)28-4)23(29(5,26)27)19-12-14(2)10-11-15(19)3/h7-13,18H,6H2,1-5H3,(H,22,24)/t18-/m1/s1. The third-order valence-electron chi connectivity index (χ3n) is 4.48. The Labute approximate surface area is 171 Å². The van der Waals surface area contributed by atoms with E-state index in [4.69, 9.17) is 4.74 Å². The van der Waals surface area contributed by atoms with E-state index in [0.29, 0.717) is 11.4 Å². The fraction of sp³-hybridized carbons (Fsp3) is 0.333. The van der Waals surface area contributed by atoms with E-state index >= 15 is 0 Å². The Hall–Kier alpha value is -2.87. The molecule has 2 aromatic rings. The molecule has 8 heteroatoms. The smallest absolute Gasteiger partial charge is 0.337 e. The van der Waals surface area contributed by atoms with Gasteiger partial charge in [0.15, 0.2) is 0 Å². The summed E-state index contributed by atoms with van der Waals surface area (Å²) in [5.41, 5.74) is 2.77. The van der Waals surface area contributed by atoms with Crippen molar-refractivity contribution in [2.45, 2.75) is 33.2 Å². The fourth-order valence-corrected chi connectivity index (χ4v) is 4.32. The number of rotatable bonds is 7. The fourth-order valence-electron chi connectivity index (χ4n) is 3.06. The summed E-state index contributed by atoms with van der Waals surface area (Å²) < 4.78 is 31.1. The Morgan fingerprint density at radius 2 is 1.83 bits per heavy atom. The molecular formula is C21H26N2O5S. The van der Waals surface area contributed by atoms with Gasteiger partial charge in [0.1, 0.15) is 6.04 Å². The van der Waals surface area contributed by atoms with E-state index in [1.807, 2.05) is 19.1 Å². The van der Waals surface area contributed by atoms with Crippen LogP contribution in [0.3, 0.4) is 0 Å². The van der Waals surface area contributed by atoms with Crippen LogP contribution in [-0.2, 0) is 19.6 Å². The van der Waals surface area contributed by atoms with Crippen LogP contribution in [-0.4, -0.2) is 39.7 Å². The number of aryl methyl sites for hydroxylation is 2. The second-order valence-corrected chi connectivity index (χ2v) is 8.69. The first-order valence-electron chi connectivity index (χ1n) is 9.14. The van der Waals surface area contributed by atoms with Crippen LogP contribution in [0.2, 0.25) is 0 Å². The molecule has 0 fully saturated rings. The molecule has 0 aliphatic heterocycles. The maximum atomic E-state index is 13.0. The lowest BCUT2D eigenvalue weighted by molar-refractivity contribution is -0.117. The number of esters is 1. The van der Waals surface area contributed by atoms with Gasteiger partial charge in [-0.05, 0) is 55.7 Å². The number of anilines is 2. The van der Waals surface area contributed by atoms with Crippen LogP contribution < -0.4 is 9.62 Å². The number of nitrogens with one attached hydrogen (secondary N) is 1. The van der Waals surface area contributed by atoms with Gasteiger partial charge in [-0.25, -0.2) is 13.2 Å². The van der Waals surface area contributed by atoms with E-state index in [0.717, 1.165) is 21.7 Å². The van der Waals surface area contributed by atoms with E-state index in [9.17, 15) is 18.0 Å². The van der Waals surface area contributed by atoms with Gasteiger partial charge in [0.05, 0.1) is 24.6 Å². The summed E-state index contributed by atoms with van der Waals surface area (Å²) in [5.74, 6) is -1.01. The molecule has 0 spiro atoms. The molecule has 0 aromatic heterocycles. The van der Waals surface area contributed by atoms with Crippen LogP contribution in [0.15, 0.2) is 42.5 Å². The minimum absolute atomic E-state index is 0.267. The van der Waals surface area contributed by atoms with Crippen molar-refractivity contribution >= 4 is 33.3 Å². The maximum absolute atomic E-state index is 13.0. The number of carbonyl (C=O) groups excluding carboxylic acids is 2. The van der Waals surface area contributed by atoms with Crippen molar-refractivity contribution < 1.29 is 22.7 Å². The van der Waals surface area contributed by atoms with Crippen LogP contribution >= 0.6 is 0 Å². The molecule has 0 saturated carbocycles. The molecule has 0 heterocycles. The van der Waals surface area contributed by atoms with Crippen LogP contribution in [0.1, 0.15) is 34.8 Å². The van der Waals surface area contributed by atoms with Crippen molar-refractivity contribution in [3.05, 3.63) is 59.2 Å². The second-order valence-electron chi connectivity index (χ2n) is 6.83. The number of methoxy groups -OCH3 is 1. The summed E-state index contributed by atoms with van der Waals surface area (Å²) in [6.07, 6.45) is 1.35. The third-order valence-corrected chi connectivity index (χ3v) is 5.65. The molecule has 156 valence electrons. The number of hydrogen-bond acceptors (Lipinski definition) is 5. The summed E-state index contributed by atoms with van der Waals surface area (Å²) >= 11 is 0. The van der Waals surface area contributed by atoms with Crippen LogP contribution in [0.4, 0.5) is 11.4 Å². The van der Waals surface area contributed by atoms with Gasteiger partial charge in [0.2, 0.25) is 15.9 Å². The monoisotopic (exact) mass is 418 g/mol. The molecule has 0 aliphatic carbocycles. The largest absolute Gasteiger partial charge is 0.465 e.